The van der Waals surface area contributed by atoms with E-state index in [1.165, 1.54) is 134 Å². The van der Waals surface area contributed by atoms with Crippen LogP contribution in [0.3, 0.4) is 0 Å². The number of Topliss-reactive ketones (excluding diaryl/α,β-unsaturated/α-hetero) is 1. The number of aliphatic hydroxyl groups is 1. The van der Waals surface area contributed by atoms with Gasteiger partial charge in [-0.1, -0.05) is 156 Å². The molecule has 266 valence electrons. The molecule has 0 heterocycles. The lowest BCUT2D eigenvalue weighted by Gasteiger charge is -2.59. The summed E-state index contributed by atoms with van der Waals surface area (Å²) in [7, 11) is 0. The van der Waals surface area contributed by atoms with Crippen LogP contribution in [0.1, 0.15) is 208 Å². The Morgan fingerprint density at radius 3 is 1.98 bits per heavy atom. The second kappa shape index (κ2) is 17.9. The molecule has 0 radical (unpaired) electrons. The van der Waals surface area contributed by atoms with Crippen molar-refractivity contribution >= 4 is 5.78 Å². The van der Waals surface area contributed by atoms with Gasteiger partial charge in [0.1, 0.15) is 5.60 Å². The molecule has 3 saturated carbocycles. The summed E-state index contributed by atoms with van der Waals surface area (Å²) in [5.74, 6) is 5.12. The van der Waals surface area contributed by atoms with E-state index in [4.69, 9.17) is 0 Å². The smallest absolute Gasteiger partial charge is 0.164 e. The Labute approximate surface area is 287 Å². The highest BCUT2D eigenvalue weighted by atomic mass is 16.3. The first kappa shape index (κ1) is 38.2. The van der Waals surface area contributed by atoms with Crippen LogP contribution in [-0.2, 0) is 4.79 Å². The van der Waals surface area contributed by atoms with Gasteiger partial charge in [0.15, 0.2) is 5.78 Å². The van der Waals surface area contributed by atoms with Crippen LogP contribution >= 0.6 is 0 Å². The van der Waals surface area contributed by atoms with Gasteiger partial charge in [-0.25, -0.2) is 0 Å². The van der Waals surface area contributed by atoms with Crippen LogP contribution in [0, 0.1) is 46.3 Å². The third kappa shape index (κ3) is 9.33. The largest absolute Gasteiger partial charge is 0.382 e. The summed E-state index contributed by atoms with van der Waals surface area (Å²) < 4.78 is 0. The molecule has 4 rings (SSSR count). The van der Waals surface area contributed by atoms with E-state index < -0.39 is 5.60 Å². The maximum Gasteiger partial charge on any atom is 0.164 e. The minimum atomic E-state index is -1.11. The molecule has 2 heteroatoms. The molecule has 0 amide bonds. The molecule has 0 aromatic heterocycles. The van der Waals surface area contributed by atoms with E-state index in [0.717, 1.165) is 54.8 Å². The van der Waals surface area contributed by atoms with Crippen molar-refractivity contribution in [2.75, 3.05) is 0 Å². The molecule has 0 aromatic carbocycles. The molecular formula is C44H78O2. The van der Waals surface area contributed by atoms with E-state index in [2.05, 4.69) is 47.6 Å². The van der Waals surface area contributed by atoms with Crippen LogP contribution in [0.25, 0.3) is 0 Å². The minimum absolute atomic E-state index is 0.137. The van der Waals surface area contributed by atoms with Gasteiger partial charge in [0, 0.05) is 12.8 Å². The molecule has 0 saturated heterocycles. The Morgan fingerprint density at radius 1 is 0.761 bits per heavy atom. The molecule has 0 aromatic rings. The molecule has 0 spiro atoms. The number of carbonyl (C=O) groups excluding carboxylic acids is 1. The molecule has 1 N–H and O–H groups in total. The molecule has 46 heavy (non-hydrogen) atoms. The predicted octanol–water partition coefficient (Wildman–Crippen LogP) is 13.2. The van der Waals surface area contributed by atoms with Crippen LogP contribution < -0.4 is 0 Å². The first-order chi connectivity index (χ1) is 22.0. The van der Waals surface area contributed by atoms with Crippen molar-refractivity contribution in [2.45, 2.75) is 214 Å². The fourth-order valence-electron chi connectivity index (χ4n) is 11.6. The lowest BCUT2D eigenvalue weighted by Crippen LogP contribution is -2.54. The van der Waals surface area contributed by atoms with Crippen LogP contribution in [0.5, 0.6) is 0 Å². The van der Waals surface area contributed by atoms with Crippen LogP contribution in [0.4, 0.5) is 0 Å². The molecule has 4 aliphatic carbocycles. The average molecular weight is 639 g/mol. The highest BCUT2D eigenvalue weighted by molar-refractivity contribution is 5.87. The number of carbonyl (C=O) groups is 1. The van der Waals surface area contributed by atoms with Gasteiger partial charge in [-0.05, 0) is 97.7 Å². The Kier molecular flexibility index (Phi) is 14.8. The number of hydrogen-bond donors (Lipinski definition) is 1. The fraction of sp³-hybridized carbons (Fsp3) is 0.932. The number of rotatable bonds is 21. The summed E-state index contributed by atoms with van der Waals surface area (Å²) in [6, 6.07) is 0. The van der Waals surface area contributed by atoms with Crippen molar-refractivity contribution < 1.29 is 9.90 Å². The molecule has 3 fully saturated rings. The van der Waals surface area contributed by atoms with Gasteiger partial charge in [0.2, 0.25) is 0 Å². The van der Waals surface area contributed by atoms with Gasteiger partial charge in [-0.15, -0.1) is 0 Å². The van der Waals surface area contributed by atoms with Crippen molar-refractivity contribution in [2.24, 2.45) is 46.3 Å². The Balaban J connectivity index is 1.18. The zero-order valence-electron chi connectivity index (χ0n) is 31.8. The maximum absolute atomic E-state index is 13.4. The topological polar surface area (TPSA) is 37.3 Å². The number of allylic oxidation sites excluding steroid dienone is 1. The van der Waals surface area contributed by atoms with Crippen LogP contribution in [0.15, 0.2) is 11.6 Å². The summed E-state index contributed by atoms with van der Waals surface area (Å²) in [6.07, 6.45) is 35.0. The Morgan fingerprint density at radius 2 is 1.37 bits per heavy atom. The number of hydrogen-bond acceptors (Lipinski definition) is 2. The third-order valence-electron chi connectivity index (χ3n) is 14.6. The molecular weight excluding hydrogens is 560 g/mol. The van der Waals surface area contributed by atoms with E-state index in [9.17, 15) is 9.90 Å². The van der Waals surface area contributed by atoms with E-state index in [1.807, 2.05) is 0 Å². The summed E-state index contributed by atoms with van der Waals surface area (Å²) >= 11 is 0. The minimum Gasteiger partial charge on any atom is -0.382 e. The van der Waals surface area contributed by atoms with Gasteiger partial charge >= 0.3 is 0 Å². The second-order valence-corrected chi connectivity index (χ2v) is 18.3. The molecule has 2 nitrogen and oxygen atoms in total. The SMILES string of the molecule is CCCCCCCCCCCCCCCCC(=O)C1(O)CC[C@@]2(C)C(=CC[C@H]3[C@@H]4CC[C@H]([C@H](C)CCCC(C)C)[C@@]4(C)CC[C@@H]32)C1. The zero-order valence-corrected chi connectivity index (χ0v) is 31.8. The van der Waals surface area contributed by atoms with Gasteiger partial charge in [-0.3, -0.25) is 4.79 Å². The zero-order chi connectivity index (χ0) is 33.2. The van der Waals surface area contributed by atoms with Gasteiger partial charge in [0.05, 0.1) is 0 Å². The van der Waals surface area contributed by atoms with Crippen LogP contribution in [0.2, 0.25) is 0 Å². The molecule has 1 unspecified atom stereocenters. The first-order valence-corrected chi connectivity index (χ1v) is 21.0. The maximum atomic E-state index is 13.4. The highest BCUT2D eigenvalue weighted by Crippen LogP contribution is 2.67. The monoisotopic (exact) mass is 639 g/mol. The molecule has 8 atom stereocenters. The van der Waals surface area contributed by atoms with Crippen LogP contribution in [-0.4, -0.2) is 16.5 Å². The van der Waals surface area contributed by atoms with Crippen molar-refractivity contribution in [3.05, 3.63) is 11.6 Å². The normalized spacial score (nSPS) is 34.6. The summed E-state index contributed by atoms with van der Waals surface area (Å²) in [4.78, 5) is 13.4. The van der Waals surface area contributed by atoms with Crippen molar-refractivity contribution in [1.29, 1.82) is 0 Å². The number of unbranched alkanes of at least 4 members (excludes halogenated alkanes) is 13. The number of ketones is 1. The van der Waals surface area contributed by atoms with Gasteiger partial charge in [0.25, 0.3) is 0 Å². The van der Waals surface area contributed by atoms with Gasteiger partial charge < -0.3 is 5.11 Å². The Bertz CT molecular complexity index is 950. The number of fused-ring (bicyclic) bond motifs is 5. The van der Waals surface area contributed by atoms with Gasteiger partial charge in [-0.2, -0.15) is 0 Å². The van der Waals surface area contributed by atoms with E-state index in [0.29, 0.717) is 24.7 Å². The lowest BCUT2D eigenvalue weighted by atomic mass is 9.46. The van der Waals surface area contributed by atoms with E-state index in [1.54, 1.807) is 0 Å². The standard InChI is InChI=1S/C44H78O2/c1-7-8-9-10-11-12-13-14-15-16-17-18-19-20-24-41(45)44(46)32-31-42(5)36(33-44)25-26-37-39-28-27-38(35(4)23-21-22-34(2)3)43(39,6)30-29-40(37)42/h25,34-35,37-40,46H,7-24,26-33H2,1-6H3/t35-,37+,38-,39+,40+,42+,43-,44?/m1/s1. The third-order valence-corrected chi connectivity index (χ3v) is 14.6. The van der Waals surface area contributed by atoms with Crippen molar-refractivity contribution in [1.82, 2.24) is 0 Å². The quantitative estimate of drug-likeness (QED) is 0.100. The lowest BCUT2D eigenvalue weighted by molar-refractivity contribution is -0.143. The molecule has 0 bridgehead atoms. The Hall–Kier alpha value is -0.630. The summed E-state index contributed by atoms with van der Waals surface area (Å²) in [6.45, 7) is 14.8. The first-order valence-electron chi connectivity index (χ1n) is 21.0. The summed E-state index contributed by atoms with van der Waals surface area (Å²) in [5.41, 5.74) is 1.03. The average Bonchev–Trinajstić information content (AvgIpc) is 3.38. The van der Waals surface area contributed by atoms with E-state index in [-0.39, 0.29) is 11.2 Å². The fourth-order valence-corrected chi connectivity index (χ4v) is 11.6. The summed E-state index contributed by atoms with van der Waals surface area (Å²) in [5, 5.41) is 11.7. The van der Waals surface area contributed by atoms with E-state index >= 15 is 0 Å². The van der Waals surface area contributed by atoms with Crippen molar-refractivity contribution in [3.63, 3.8) is 0 Å². The highest BCUT2D eigenvalue weighted by Gasteiger charge is 2.60. The molecule has 0 aliphatic heterocycles. The second-order valence-electron chi connectivity index (χ2n) is 18.3. The van der Waals surface area contributed by atoms with Crippen molar-refractivity contribution in [3.8, 4) is 0 Å². The predicted molar refractivity (Wildman–Crippen MR) is 198 cm³/mol. The molecule has 4 aliphatic rings.